The van der Waals surface area contributed by atoms with Crippen molar-refractivity contribution in [3.05, 3.63) is 65.0 Å². The van der Waals surface area contributed by atoms with Gasteiger partial charge in [0.05, 0.1) is 25.0 Å². The highest BCUT2D eigenvalue weighted by Gasteiger charge is 2.28. The van der Waals surface area contributed by atoms with E-state index in [-0.39, 0.29) is 5.56 Å². The molecule has 0 amide bonds. The molecular formula is C19H20N6O2. The van der Waals surface area contributed by atoms with Gasteiger partial charge in [0.1, 0.15) is 0 Å². The lowest BCUT2D eigenvalue weighted by Gasteiger charge is -2.39. The summed E-state index contributed by atoms with van der Waals surface area (Å²) in [4.78, 5) is 26.8. The van der Waals surface area contributed by atoms with Gasteiger partial charge in [-0.2, -0.15) is 10.1 Å². The highest BCUT2D eigenvalue weighted by molar-refractivity contribution is 5.56. The van der Waals surface area contributed by atoms with Crippen molar-refractivity contribution in [3.8, 4) is 17.3 Å². The third-order valence-corrected chi connectivity index (χ3v) is 4.57. The highest BCUT2D eigenvalue weighted by Crippen LogP contribution is 2.20. The molecule has 0 atom stereocenters. The molecule has 0 aromatic carbocycles. The van der Waals surface area contributed by atoms with E-state index in [9.17, 15) is 4.79 Å². The van der Waals surface area contributed by atoms with Crippen LogP contribution in [0.25, 0.3) is 11.3 Å². The molecule has 138 valence electrons. The van der Waals surface area contributed by atoms with E-state index in [0.29, 0.717) is 18.5 Å². The standard InChI is InChI=1S/C19H20N6O2/c1-27-19-21-9-6-16(22-19)13-24-10-14(11-24)12-25-18(26)3-2-17(23-25)15-4-7-20-8-5-15/h2-9,14H,10-13H2,1H3. The van der Waals surface area contributed by atoms with Gasteiger partial charge in [-0.25, -0.2) is 9.67 Å². The van der Waals surface area contributed by atoms with E-state index < -0.39 is 0 Å². The van der Waals surface area contributed by atoms with E-state index in [1.54, 1.807) is 42.5 Å². The molecule has 0 N–H and O–H groups in total. The van der Waals surface area contributed by atoms with Crippen LogP contribution < -0.4 is 10.3 Å². The summed E-state index contributed by atoms with van der Waals surface area (Å²) in [7, 11) is 1.56. The Bertz CT molecular complexity index is 969. The summed E-state index contributed by atoms with van der Waals surface area (Å²) in [6.07, 6.45) is 5.14. The summed E-state index contributed by atoms with van der Waals surface area (Å²) in [6.45, 7) is 3.16. The maximum Gasteiger partial charge on any atom is 0.316 e. The minimum atomic E-state index is -0.0770. The van der Waals surface area contributed by atoms with Crippen molar-refractivity contribution in [2.24, 2.45) is 5.92 Å². The fourth-order valence-corrected chi connectivity index (χ4v) is 3.21. The summed E-state index contributed by atoms with van der Waals surface area (Å²) in [5.41, 5.74) is 2.58. The van der Waals surface area contributed by atoms with Crippen LogP contribution >= 0.6 is 0 Å². The van der Waals surface area contributed by atoms with Crippen molar-refractivity contribution in [3.63, 3.8) is 0 Å². The van der Waals surface area contributed by atoms with Crippen LogP contribution in [0.2, 0.25) is 0 Å². The third kappa shape index (κ3) is 4.01. The van der Waals surface area contributed by atoms with Crippen molar-refractivity contribution >= 4 is 0 Å². The number of nitrogens with zero attached hydrogens (tertiary/aromatic N) is 6. The van der Waals surface area contributed by atoms with Gasteiger partial charge in [0.25, 0.3) is 5.56 Å². The van der Waals surface area contributed by atoms with E-state index in [1.165, 1.54) is 0 Å². The van der Waals surface area contributed by atoms with Crippen LogP contribution in [0.1, 0.15) is 5.69 Å². The zero-order valence-corrected chi connectivity index (χ0v) is 15.0. The Balaban J connectivity index is 1.38. The Morgan fingerprint density at radius 3 is 2.70 bits per heavy atom. The maximum atomic E-state index is 12.2. The van der Waals surface area contributed by atoms with Crippen LogP contribution in [0, 0.1) is 5.92 Å². The molecule has 3 aromatic rings. The number of rotatable bonds is 6. The summed E-state index contributed by atoms with van der Waals surface area (Å²) < 4.78 is 6.62. The molecule has 0 spiro atoms. The minimum absolute atomic E-state index is 0.0770. The van der Waals surface area contributed by atoms with Gasteiger partial charge >= 0.3 is 6.01 Å². The molecule has 1 saturated heterocycles. The highest BCUT2D eigenvalue weighted by atomic mass is 16.5. The van der Waals surface area contributed by atoms with Gasteiger partial charge in [0.2, 0.25) is 0 Å². The van der Waals surface area contributed by atoms with Crippen LogP contribution in [-0.4, -0.2) is 49.8 Å². The number of hydrogen-bond acceptors (Lipinski definition) is 7. The maximum absolute atomic E-state index is 12.2. The number of pyridine rings is 1. The first-order valence-corrected chi connectivity index (χ1v) is 8.78. The molecule has 0 radical (unpaired) electrons. The first kappa shape index (κ1) is 17.3. The molecule has 1 aliphatic heterocycles. The number of methoxy groups -OCH3 is 1. The van der Waals surface area contributed by atoms with Crippen LogP contribution in [0.15, 0.2) is 53.7 Å². The monoisotopic (exact) mass is 364 g/mol. The predicted octanol–water partition coefficient (Wildman–Crippen LogP) is 1.24. The van der Waals surface area contributed by atoms with Crippen LogP contribution in [0.4, 0.5) is 0 Å². The fraction of sp³-hybridized carbons (Fsp3) is 0.316. The Hall–Kier alpha value is -3.13. The Kier molecular flexibility index (Phi) is 4.88. The number of likely N-dealkylation sites (tertiary alicyclic amines) is 1. The second-order valence-corrected chi connectivity index (χ2v) is 6.57. The van der Waals surface area contributed by atoms with E-state index >= 15 is 0 Å². The van der Waals surface area contributed by atoms with Crippen molar-refractivity contribution in [2.45, 2.75) is 13.1 Å². The molecule has 1 fully saturated rings. The number of aromatic nitrogens is 5. The van der Waals surface area contributed by atoms with Crippen molar-refractivity contribution in [1.82, 2.24) is 29.6 Å². The zero-order chi connectivity index (χ0) is 18.6. The second kappa shape index (κ2) is 7.63. The Morgan fingerprint density at radius 1 is 1.11 bits per heavy atom. The van der Waals surface area contributed by atoms with Gasteiger partial charge in [-0.15, -0.1) is 0 Å². The summed E-state index contributed by atoms with van der Waals surface area (Å²) in [5, 5.41) is 4.52. The number of hydrogen-bond donors (Lipinski definition) is 0. The van der Waals surface area contributed by atoms with Crippen LogP contribution in [0.5, 0.6) is 6.01 Å². The van der Waals surface area contributed by atoms with Gasteiger partial charge in [0, 0.05) is 55.8 Å². The molecule has 4 rings (SSSR count). The van der Waals surface area contributed by atoms with Gasteiger partial charge in [0.15, 0.2) is 0 Å². The SMILES string of the molecule is COc1nccc(CN2CC(Cn3nc(-c4ccncc4)ccc3=O)C2)n1. The lowest BCUT2D eigenvalue weighted by Crippen LogP contribution is -2.49. The largest absolute Gasteiger partial charge is 0.467 e. The number of ether oxygens (including phenoxy) is 1. The smallest absolute Gasteiger partial charge is 0.316 e. The molecule has 0 aliphatic carbocycles. The summed E-state index contributed by atoms with van der Waals surface area (Å²) in [6, 6.07) is 9.38. The van der Waals surface area contributed by atoms with Gasteiger partial charge in [-0.3, -0.25) is 14.7 Å². The van der Waals surface area contributed by atoms with E-state index in [2.05, 4.69) is 25.0 Å². The van der Waals surface area contributed by atoms with Gasteiger partial charge in [-0.1, -0.05) is 0 Å². The summed E-state index contributed by atoms with van der Waals surface area (Å²) in [5.74, 6) is 0.395. The average Bonchev–Trinajstić information content (AvgIpc) is 2.68. The molecule has 0 unspecified atom stereocenters. The second-order valence-electron chi connectivity index (χ2n) is 6.57. The molecule has 1 aliphatic rings. The molecule has 27 heavy (non-hydrogen) atoms. The lowest BCUT2D eigenvalue weighted by molar-refractivity contribution is 0.0752. The minimum Gasteiger partial charge on any atom is -0.467 e. The first-order chi connectivity index (χ1) is 13.2. The first-order valence-electron chi connectivity index (χ1n) is 8.78. The zero-order valence-electron chi connectivity index (χ0n) is 15.0. The van der Waals surface area contributed by atoms with Gasteiger partial charge < -0.3 is 4.74 Å². The van der Waals surface area contributed by atoms with Crippen molar-refractivity contribution in [1.29, 1.82) is 0 Å². The topological polar surface area (TPSA) is 86.0 Å². The lowest BCUT2D eigenvalue weighted by atomic mass is 10.00. The molecule has 8 heteroatoms. The van der Waals surface area contributed by atoms with Gasteiger partial charge in [-0.05, 0) is 24.3 Å². The quantitative estimate of drug-likeness (QED) is 0.650. The van der Waals surface area contributed by atoms with Crippen molar-refractivity contribution < 1.29 is 4.74 Å². The molecule has 4 heterocycles. The van der Waals surface area contributed by atoms with Crippen LogP contribution in [0.3, 0.4) is 0 Å². The van der Waals surface area contributed by atoms with Crippen molar-refractivity contribution in [2.75, 3.05) is 20.2 Å². The molecular weight excluding hydrogens is 344 g/mol. The summed E-state index contributed by atoms with van der Waals surface area (Å²) >= 11 is 0. The molecule has 8 nitrogen and oxygen atoms in total. The Labute approximate surface area is 156 Å². The van der Waals surface area contributed by atoms with E-state index in [0.717, 1.165) is 36.6 Å². The predicted molar refractivity (Wildman–Crippen MR) is 99.1 cm³/mol. The molecule has 0 saturated carbocycles. The van der Waals surface area contributed by atoms with Crippen LogP contribution in [-0.2, 0) is 13.1 Å². The average molecular weight is 364 g/mol. The fourth-order valence-electron chi connectivity index (χ4n) is 3.21. The molecule has 3 aromatic heterocycles. The Morgan fingerprint density at radius 2 is 1.93 bits per heavy atom. The van der Waals surface area contributed by atoms with E-state index in [1.807, 2.05) is 18.2 Å². The third-order valence-electron chi connectivity index (χ3n) is 4.57. The molecule has 0 bridgehead atoms. The normalized spacial score (nSPS) is 14.7. The van der Waals surface area contributed by atoms with E-state index in [4.69, 9.17) is 4.74 Å².